The van der Waals surface area contributed by atoms with Gasteiger partial charge in [0.2, 0.25) is 0 Å². The minimum Gasteiger partial charge on any atom is -0.393 e. The number of benzene rings is 1. The average molecular weight is 254 g/mol. The van der Waals surface area contributed by atoms with E-state index in [1.807, 2.05) is 13.0 Å². The van der Waals surface area contributed by atoms with Gasteiger partial charge >= 0.3 is 0 Å². The lowest BCUT2D eigenvalue weighted by Crippen LogP contribution is -2.42. The second-order valence-electron chi connectivity index (χ2n) is 4.60. The number of carbonyl (C=O) groups is 1. The van der Waals surface area contributed by atoms with E-state index in [0.717, 1.165) is 31.5 Å². The molecule has 0 spiro atoms. The van der Waals surface area contributed by atoms with Crippen LogP contribution in [-0.2, 0) is 0 Å². The third-order valence-electron chi connectivity index (χ3n) is 3.32. The Bertz CT molecular complexity index is 422. The van der Waals surface area contributed by atoms with Crippen molar-refractivity contribution < 1.29 is 9.90 Å². The molecule has 0 radical (unpaired) electrons. The van der Waals surface area contributed by atoms with Gasteiger partial charge in [0, 0.05) is 29.4 Å². The first-order valence-corrected chi connectivity index (χ1v) is 6.17. The van der Waals surface area contributed by atoms with Gasteiger partial charge in [0.05, 0.1) is 6.10 Å². The summed E-state index contributed by atoms with van der Waals surface area (Å²) in [6.07, 6.45) is 1.33. The zero-order valence-corrected chi connectivity index (χ0v) is 10.5. The summed E-state index contributed by atoms with van der Waals surface area (Å²) in [7, 11) is 0. The van der Waals surface area contributed by atoms with E-state index in [0.29, 0.717) is 10.6 Å². The van der Waals surface area contributed by atoms with E-state index < -0.39 is 0 Å². The van der Waals surface area contributed by atoms with Gasteiger partial charge in [-0.05, 0) is 30.5 Å². The predicted molar refractivity (Wildman–Crippen MR) is 68.8 cm³/mol. The van der Waals surface area contributed by atoms with Crippen molar-refractivity contribution in [3.63, 3.8) is 0 Å². The number of hydrogen-bond donors (Lipinski definition) is 1. The molecule has 0 aromatic heterocycles. The van der Waals surface area contributed by atoms with Gasteiger partial charge in [-0.25, -0.2) is 0 Å². The first kappa shape index (κ1) is 12.4. The molecule has 1 fully saturated rings. The maximum Gasteiger partial charge on any atom is 0.152 e. The molecule has 0 amide bonds. The normalized spacial score (nSPS) is 24.8. The van der Waals surface area contributed by atoms with Crippen LogP contribution >= 0.6 is 11.6 Å². The SMILES string of the molecule is CC1CN(c2cc(Cl)ccc2C=O)CCC1O. The summed E-state index contributed by atoms with van der Waals surface area (Å²) in [5.41, 5.74) is 1.52. The fraction of sp³-hybridized carbons (Fsp3) is 0.462. The summed E-state index contributed by atoms with van der Waals surface area (Å²) in [6.45, 7) is 3.52. The topological polar surface area (TPSA) is 40.5 Å². The van der Waals surface area contributed by atoms with Crippen molar-refractivity contribution in [1.29, 1.82) is 0 Å². The van der Waals surface area contributed by atoms with Crippen LogP contribution in [0.4, 0.5) is 5.69 Å². The number of aldehydes is 1. The molecule has 1 heterocycles. The Kier molecular flexibility index (Phi) is 3.69. The maximum atomic E-state index is 11.0. The van der Waals surface area contributed by atoms with Crippen molar-refractivity contribution in [2.75, 3.05) is 18.0 Å². The lowest BCUT2D eigenvalue weighted by Gasteiger charge is -2.36. The lowest BCUT2D eigenvalue weighted by atomic mass is 9.96. The fourth-order valence-corrected chi connectivity index (χ4v) is 2.41. The van der Waals surface area contributed by atoms with Gasteiger partial charge in [-0.1, -0.05) is 18.5 Å². The molecule has 0 bridgehead atoms. The number of anilines is 1. The third-order valence-corrected chi connectivity index (χ3v) is 3.56. The first-order valence-electron chi connectivity index (χ1n) is 5.79. The second-order valence-corrected chi connectivity index (χ2v) is 5.04. The van der Waals surface area contributed by atoms with Gasteiger partial charge < -0.3 is 10.0 Å². The Morgan fingerprint density at radius 3 is 2.94 bits per heavy atom. The maximum absolute atomic E-state index is 11.0. The Labute approximate surface area is 106 Å². The number of halogens is 1. The van der Waals surface area contributed by atoms with Crippen LogP contribution < -0.4 is 4.90 Å². The van der Waals surface area contributed by atoms with Crippen LogP contribution in [-0.4, -0.2) is 30.6 Å². The van der Waals surface area contributed by atoms with Crippen LogP contribution in [0.25, 0.3) is 0 Å². The standard InChI is InChI=1S/C13H16ClNO2/c1-9-7-15(5-4-13(9)17)12-6-11(14)3-2-10(12)8-16/h2-3,6,8-9,13,17H,4-5,7H2,1H3. The van der Waals surface area contributed by atoms with E-state index in [9.17, 15) is 9.90 Å². The average Bonchev–Trinajstić information content (AvgIpc) is 2.32. The van der Waals surface area contributed by atoms with E-state index in [4.69, 9.17) is 11.6 Å². The van der Waals surface area contributed by atoms with Crippen LogP contribution in [0.1, 0.15) is 23.7 Å². The van der Waals surface area contributed by atoms with Gasteiger partial charge in [0.15, 0.2) is 6.29 Å². The molecule has 4 heteroatoms. The van der Waals surface area contributed by atoms with Gasteiger partial charge in [0.1, 0.15) is 0 Å². The Morgan fingerprint density at radius 2 is 2.29 bits per heavy atom. The summed E-state index contributed by atoms with van der Waals surface area (Å²) in [5.74, 6) is 0.210. The van der Waals surface area contributed by atoms with Crippen molar-refractivity contribution in [2.45, 2.75) is 19.4 Å². The predicted octanol–water partition coefficient (Wildman–Crippen LogP) is 2.36. The molecular formula is C13H16ClNO2. The smallest absolute Gasteiger partial charge is 0.152 e. The molecule has 1 aromatic carbocycles. The van der Waals surface area contributed by atoms with Crippen LogP contribution in [0, 0.1) is 5.92 Å². The summed E-state index contributed by atoms with van der Waals surface area (Å²) in [5, 5.41) is 10.3. The van der Waals surface area contributed by atoms with Crippen LogP contribution in [0.3, 0.4) is 0 Å². The molecule has 17 heavy (non-hydrogen) atoms. The van der Waals surface area contributed by atoms with E-state index in [1.54, 1.807) is 12.1 Å². The summed E-state index contributed by atoms with van der Waals surface area (Å²) in [4.78, 5) is 13.1. The van der Waals surface area contributed by atoms with Gasteiger partial charge in [0.25, 0.3) is 0 Å². The highest BCUT2D eigenvalue weighted by Gasteiger charge is 2.25. The molecule has 1 aliphatic heterocycles. The highest BCUT2D eigenvalue weighted by atomic mass is 35.5. The molecule has 3 nitrogen and oxygen atoms in total. The monoisotopic (exact) mass is 253 g/mol. The largest absolute Gasteiger partial charge is 0.393 e. The summed E-state index contributed by atoms with van der Waals surface area (Å²) < 4.78 is 0. The molecule has 1 aliphatic rings. The van der Waals surface area contributed by atoms with Gasteiger partial charge in [-0.15, -0.1) is 0 Å². The molecule has 1 aromatic rings. The molecule has 2 rings (SSSR count). The van der Waals surface area contributed by atoms with Crippen LogP contribution in [0.2, 0.25) is 5.02 Å². The van der Waals surface area contributed by atoms with Crippen molar-refractivity contribution in [3.8, 4) is 0 Å². The van der Waals surface area contributed by atoms with Crippen molar-refractivity contribution in [3.05, 3.63) is 28.8 Å². The minimum absolute atomic E-state index is 0.210. The molecule has 1 N–H and O–H groups in total. The molecule has 92 valence electrons. The molecular weight excluding hydrogens is 238 g/mol. The van der Waals surface area contributed by atoms with Gasteiger partial charge in [-0.3, -0.25) is 4.79 Å². The van der Waals surface area contributed by atoms with Crippen molar-refractivity contribution in [1.82, 2.24) is 0 Å². The van der Waals surface area contributed by atoms with Gasteiger partial charge in [-0.2, -0.15) is 0 Å². The molecule has 2 unspecified atom stereocenters. The third kappa shape index (κ3) is 2.61. The van der Waals surface area contributed by atoms with Crippen LogP contribution in [0.5, 0.6) is 0 Å². The number of hydrogen-bond acceptors (Lipinski definition) is 3. The highest BCUT2D eigenvalue weighted by Crippen LogP contribution is 2.28. The number of aliphatic hydroxyl groups excluding tert-OH is 1. The Hall–Kier alpha value is -1.06. The van der Waals surface area contributed by atoms with E-state index in [2.05, 4.69) is 4.90 Å². The number of aliphatic hydroxyl groups is 1. The van der Waals surface area contributed by atoms with E-state index >= 15 is 0 Å². The Morgan fingerprint density at radius 1 is 1.53 bits per heavy atom. The zero-order valence-electron chi connectivity index (χ0n) is 9.77. The number of carbonyl (C=O) groups excluding carboxylic acids is 1. The van der Waals surface area contributed by atoms with Crippen molar-refractivity contribution >= 4 is 23.6 Å². The van der Waals surface area contributed by atoms with Crippen LogP contribution in [0.15, 0.2) is 18.2 Å². The number of piperidine rings is 1. The quantitative estimate of drug-likeness (QED) is 0.823. The zero-order chi connectivity index (χ0) is 12.4. The minimum atomic E-state index is -0.245. The summed E-state index contributed by atoms with van der Waals surface area (Å²) in [6, 6.07) is 5.27. The molecule has 2 atom stereocenters. The number of rotatable bonds is 2. The molecule has 0 aliphatic carbocycles. The van der Waals surface area contributed by atoms with E-state index in [1.165, 1.54) is 0 Å². The van der Waals surface area contributed by atoms with Crippen molar-refractivity contribution in [2.24, 2.45) is 5.92 Å². The summed E-state index contributed by atoms with van der Waals surface area (Å²) >= 11 is 5.97. The lowest BCUT2D eigenvalue weighted by molar-refractivity contribution is 0.0970. The molecule has 1 saturated heterocycles. The highest BCUT2D eigenvalue weighted by molar-refractivity contribution is 6.31. The second kappa shape index (κ2) is 5.07. The molecule has 0 saturated carbocycles. The number of nitrogens with zero attached hydrogens (tertiary/aromatic N) is 1. The first-order chi connectivity index (χ1) is 8.11. The van der Waals surface area contributed by atoms with E-state index in [-0.39, 0.29) is 12.0 Å². The Balaban J connectivity index is 2.27. The fourth-order valence-electron chi connectivity index (χ4n) is 2.24.